The predicted octanol–water partition coefficient (Wildman–Crippen LogP) is 2.56. The maximum Gasteiger partial charge on any atom is 0.166 e. The Morgan fingerprint density at radius 1 is 1.40 bits per heavy atom. The number of nitrogens with one attached hydrogen (secondary N) is 2. The standard InChI is InChI=1S/C15H26N4S/c1-12-5-3-6-14(13(12)2)18-15(20)17-7-4-9-19-10-8-16-11-19/h8,10-14H,3-7,9H2,1-2H3,(H2,17,18,20)/t12-,13-,14+/m1/s1. The van der Waals surface area contributed by atoms with Gasteiger partial charge in [-0.05, 0) is 36.9 Å². The van der Waals surface area contributed by atoms with Gasteiger partial charge in [-0.1, -0.05) is 26.7 Å². The Morgan fingerprint density at radius 2 is 2.25 bits per heavy atom. The second-order valence-electron chi connectivity index (χ2n) is 5.93. The molecule has 1 aliphatic carbocycles. The van der Waals surface area contributed by atoms with Gasteiger partial charge in [-0.2, -0.15) is 0 Å². The predicted molar refractivity (Wildman–Crippen MR) is 86.5 cm³/mol. The summed E-state index contributed by atoms with van der Waals surface area (Å²) in [6.45, 7) is 6.57. The number of aryl methyl sites for hydroxylation is 1. The highest BCUT2D eigenvalue weighted by atomic mass is 32.1. The molecule has 3 atom stereocenters. The second-order valence-corrected chi connectivity index (χ2v) is 6.34. The molecule has 2 N–H and O–H groups in total. The lowest BCUT2D eigenvalue weighted by Gasteiger charge is -2.35. The van der Waals surface area contributed by atoms with Gasteiger partial charge in [0.15, 0.2) is 5.11 Å². The first kappa shape index (κ1) is 15.3. The zero-order valence-electron chi connectivity index (χ0n) is 12.5. The van der Waals surface area contributed by atoms with Crippen LogP contribution < -0.4 is 10.6 Å². The third-order valence-corrected chi connectivity index (χ3v) is 4.72. The minimum Gasteiger partial charge on any atom is -0.363 e. The molecule has 0 radical (unpaired) electrons. The maximum atomic E-state index is 5.40. The van der Waals surface area contributed by atoms with Gasteiger partial charge in [0.05, 0.1) is 6.33 Å². The molecule has 0 spiro atoms. The summed E-state index contributed by atoms with van der Waals surface area (Å²) >= 11 is 5.40. The summed E-state index contributed by atoms with van der Waals surface area (Å²) in [5, 5.41) is 7.62. The number of imidazole rings is 1. The summed E-state index contributed by atoms with van der Waals surface area (Å²) in [4.78, 5) is 4.03. The number of hydrogen-bond acceptors (Lipinski definition) is 2. The van der Waals surface area contributed by atoms with E-state index in [2.05, 4.69) is 34.0 Å². The van der Waals surface area contributed by atoms with Crippen LogP contribution in [0.2, 0.25) is 0 Å². The van der Waals surface area contributed by atoms with Crippen LogP contribution in [-0.2, 0) is 6.54 Å². The van der Waals surface area contributed by atoms with E-state index in [4.69, 9.17) is 12.2 Å². The number of rotatable bonds is 5. The van der Waals surface area contributed by atoms with Crippen LogP contribution in [0.1, 0.15) is 39.5 Å². The molecule has 5 heteroatoms. The summed E-state index contributed by atoms with van der Waals surface area (Å²) in [5.41, 5.74) is 0. The second kappa shape index (κ2) is 7.62. The number of hydrogen-bond donors (Lipinski definition) is 2. The molecule has 0 aliphatic heterocycles. The molecule has 20 heavy (non-hydrogen) atoms. The smallest absolute Gasteiger partial charge is 0.166 e. The van der Waals surface area contributed by atoms with Crippen LogP contribution >= 0.6 is 12.2 Å². The Morgan fingerprint density at radius 3 is 3.00 bits per heavy atom. The third-order valence-electron chi connectivity index (χ3n) is 4.46. The third kappa shape index (κ3) is 4.47. The van der Waals surface area contributed by atoms with E-state index in [-0.39, 0.29) is 0 Å². The zero-order valence-corrected chi connectivity index (χ0v) is 13.3. The van der Waals surface area contributed by atoms with E-state index in [0.29, 0.717) is 12.0 Å². The van der Waals surface area contributed by atoms with E-state index in [1.165, 1.54) is 19.3 Å². The van der Waals surface area contributed by atoms with Crippen molar-refractivity contribution in [2.24, 2.45) is 11.8 Å². The molecular formula is C15H26N4S. The van der Waals surface area contributed by atoms with Crippen molar-refractivity contribution in [3.05, 3.63) is 18.7 Å². The Kier molecular flexibility index (Phi) is 5.83. The summed E-state index contributed by atoms with van der Waals surface area (Å²) in [7, 11) is 0. The SMILES string of the molecule is C[C@@H]1[C@H](C)CCC[C@@H]1NC(=S)NCCCn1ccnc1. The van der Waals surface area contributed by atoms with E-state index >= 15 is 0 Å². The van der Waals surface area contributed by atoms with Gasteiger partial charge in [-0.25, -0.2) is 4.98 Å². The van der Waals surface area contributed by atoms with Crippen LogP contribution in [0.5, 0.6) is 0 Å². The van der Waals surface area contributed by atoms with Crippen molar-refractivity contribution in [1.29, 1.82) is 0 Å². The fraction of sp³-hybridized carbons (Fsp3) is 0.733. The first-order valence-electron chi connectivity index (χ1n) is 7.67. The van der Waals surface area contributed by atoms with Gasteiger partial charge in [0, 0.05) is 31.5 Å². The lowest BCUT2D eigenvalue weighted by Crippen LogP contribution is -2.47. The quantitative estimate of drug-likeness (QED) is 0.647. The molecule has 2 rings (SSSR count). The van der Waals surface area contributed by atoms with Crippen LogP contribution in [0, 0.1) is 11.8 Å². The fourth-order valence-electron chi connectivity index (χ4n) is 2.89. The van der Waals surface area contributed by atoms with Crippen LogP contribution in [0.15, 0.2) is 18.7 Å². The molecule has 1 heterocycles. The van der Waals surface area contributed by atoms with Crippen LogP contribution in [-0.4, -0.2) is 27.3 Å². The maximum absolute atomic E-state index is 5.40. The molecule has 0 amide bonds. The largest absolute Gasteiger partial charge is 0.363 e. The highest BCUT2D eigenvalue weighted by Gasteiger charge is 2.27. The highest BCUT2D eigenvalue weighted by Crippen LogP contribution is 2.29. The van der Waals surface area contributed by atoms with Gasteiger partial charge < -0.3 is 15.2 Å². The number of aromatic nitrogens is 2. The number of nitrogens with zero attached hydrogens (tertiary/aromatic N) is 2. The van der Waals surface area contributed by atoms with Gasteiger partial charge in [-0.3, -0.25) is 0 Å². The lowest BCUT2D eigenvalue weighted by molar-refractivity contribution is 0.224. The average Bonchev–Trinajstić information content (AvgIpc) is 2.93. The fourth-order valence-corrected chi connectivity index (χ4v) is 3.14. The molecule has 112 valence electrons. The first-order valence-corrected chi connectivity index (χ1v) is 8.07. The van der Waals surface area contributed by atoms with Gasteiger partial charge in [0.2, 0.25) is 0 Å². The average molecular weight is 294 g/mol. The van der Waals surface area contributed by atoms with Crippen molar-refractivity contribution in [3.8, 4) is 0 Å². The number of thiocarbonyl (C=S) groups is 1. The van der Waals surface area contributed by atoms with Gasteiger partial charge in [0.1, 0.15) is 0 Å². The Labute approximate surface area is 127 Å². The summed E-state index contributed by atoms with van der Waals surface area (Å²) < 4.78 is 2.09. The van der Waals surface area contributed by atoms with Crippen molar-refractivity contribution in [2.75, 3.05) is 6.54 Å². The Balaban J connectivity index is 1.62. The minimum absolute atomic E-state index is 0.535. The summed E-state index contributed by atoms with van der Waals surface area (Å²) in [5.74, 6) is 1.50. The summed E-state index contributed by atoms with van der Waals surface area (Å²) in [6.07, 6.45) is 10.6. The molecule has 1 aromatic rings. The van der Waals surface area contributed by atoms with E-state index in [1.54, 1.807) is 0 Å². The normalized spacial score (nSPS) is 26.2. The molecule has 4 nitrogen and oxygen atoms in total. The van der Waals surface area contributed by atoms with Gasteiger partial charge in [0.25, 0.3) is 0 Å². The Bertz CT molecular complexity index is 404. The van der Waals surface area contributed by atoms with Crippen molar-refractivity contribution in [3.63, 3.8) is 0 Å². The van der Waals surface area contributed by atoms with E-state index < -0.39 is 0 Å². The first-order chi connectivity index (χ1) is 9.66. The molecular weight excluding hydrogens is 268 g/mol. The molecule has 0 unspecified atom stereocenters. The molecule has 0 bridgehead atoms. The highest BCUT2D eigenvalue weighted by molar-refractivity contribution is 7.80. The lowest BCUT2D eigenvalue weighted by atomic mass is 9.78. The monoisotopic (exact) mass is 294 g/mol. The minimum atomic E-state index is 0.535. The Hall–Kier alpha value is -1.10. The van der Waals surface area contributed by atoms with Crippen molar-refractivity contribution in [2.45, 2.75) is 52.1 Å². The van der Waals surface area contributed by atoms with Gasteiger partial charge >= 0.3 is 0 Å². The van der Waals surface area contributed by atoms with E-state index in [1.807, 2.05) is 18.7 Å². The topological polar surface area (TPSA) is 41.9 Å². The van der Waals surface area contributed by atoms with Crippen molar-refractivity contribution in [1.82, 2.24) is 20.2 Å². The van der Waals surface area contributed by atoms with Gasteiger partial charge in [-0.15, -0.1) is 0 Å². The van der Waals surface area contributed by atoms with E-state index in [0.717, 1.165) is 30.5 Å². The summed E-state index contributed by atoms with van der Waals surface area (Å²) in [6, 6.07) is 0.535. The van der Waals surface area contributed by atoms with Crippen LogP contribution in [0.4, 0.5) is 0 Å². The molecule has 1 aromatic heterocycles. The molecule has 1 aliphatic rings. The molecule has 0 aromatic carbocycles. The molecule has 1 saturated carbocycles. The zero-order chi connectivity index (χ0) is 14.4. The van der Waals surface area contributed by atoms with Crippen LogP contribution in [0.3, 0.4) is 0 Å². The van der Waals surface area contributed by atoms with Crippen molar-refractivity contribution < 1.29 is 0 Å². The van der Waals surface area contributed by atoms with Crippen molar-refractivity contribution >= 4 is 17.3 Å². The van der Waals surface area contributed by atoms with E-state index in [9.17, 15) is 0 Å². The molecule has 0 saturated heterocycles. The molecule has 1 fully saturated rings. The van der Waals surface area contributed by atoms with Crippen LogP contribution in [0.25, 0.3) is 0 Å².